The molecule has 0 amide bonds. The molecule has 4 rings (SSSR count). The summed E-state index contributed by atoms with van der Waals surface area (Å²) in [5.41, 5.74) is 3.36. The molecule has 2 aromatic carbocycles. The topological polar surface area (TPSA) is 51.0 Å². The number of hydrogen-bond acceptors (Lipinski definition) is 5. The van der Waals surface area contributed by atoms with Gasteiger partial charge in [0.15, 0.2) is 6.29 Å². The molecule has 2 atom stereocenters. The van der Waals surface area contributed by atoms with Gasteiger partial charge in [-0.2, -0.15) is 5.10 Å². The van der Waals surface area contributed by atoms with Crippen LogP contribution in [-0.4, -0.2) is 33.5 Å². The van der Waals surface area contributed by atoms with Crippen LogP contribution >= 0.6 is 11.8 Å². The van der Waals surface area contributed by atoms with E-state index in [9.17, 15) is 4.79 Å². The van der Waals surface area contributed by atoms with Gasteiger partial charge in [0, 0.05) is 11.9 Å². The van der Waals surface area contributed by atoms with Crippen LogP contribution in [-0.2, 0) is 4.79 Å². The van der Waals surface area contributed by atoms with Crippen molar-refractivity contribution in [1.29, 1.82) is 0 Å². The molecule has 2 heterocycles. The molecule has 24 heavy (non-hydrogen) atoms. The number of anilines is 1. The maximum atomic E-state index is 11.2. The van der Waals surface area contributed by atoms with Crippen LogP contribution in [0.1, 0.15) is 17.2 Å². The summed E-state index contributed by atoms with van der Waals surface area (Å²) >= 11 is 1.58. The van der Waals surface area contributed by atoms with Gasteiger partial charge >= 0.3 is 0 Å². The van der Waals surface area contributed by atoms with Crippen LogP contribution in [0.2, 0.25) is 0 Å². The third-order valence-corrected chi connectivity index (χ3v) is 5.49. The van der Waals surface area contributed by atoms with Crippen molar-refractivity contribution in [3.63, 3.8) is 0 Å². The standard InChI is InChI=1S/C18H16N4OS/c1-21-15-8-7-14(9-16(15)24-17(21)10-23)18(22-12-19-11-20-22)13-5-3-2-4-6-13/h2-12,17-18H,1H3. The van der Waals surface area contributed by atoms with Crippen LogP contribution in [0.25, 0.3) is 0 Å². The number of carbonyl (C=O) groups is 1. The lowest BCUT2D eigenvalue weighted by Gasteiger charge is -2.20. The van der Waals surface area contributed by atoms with Crippen LogP contribution in [0, 0.1) is 0 Å². The predicted octanol–water partition coefficient (Wildman–Crippen LogP) is 2.98. The second-order valence-electron chi connectivity index (χ2n) is 5.67. The van der Waals surface area contributed by atoms with Crippen LogP contribution in [0.5, 0.6) is 0 Å². The first-order valence-electron chi connectivity index (χ1n) is 7.65. The quantitative estimate of drug-likeness (QED) is 0.686. The Hall–Kier alpha value is -2.60. The summed E-state index contributed by atoms with van der Waals surface area (Å²) in [4.78, 5) is 18.4. The third kappa shape index (κ3) is 2.49. The summed E-state index contributed by atoms with van der Waals surface area (Å²) in [5, 5.41) is 4.19. The Labute approximate surface area is 144 Å². The van der Waals surface area contributed by atoms with E-state index in [0.717, 1.165) is 28.0 Å². The molecule has 0 fully saturated rings. The first-order valence-corrected chi connectivity index (χ1v) is 8.53. The summed E-state index contributed by atoms with van der Waals surface area (Å²) in [6.07, 6.45) is 4.27. The van der Waals surface area contributed by atoms with Crippen molar-refractivity contribution in [2.24, 2.45) is 0 Å². The average molecular weight is 336 g/mol. The number of benzene rings is 2. The van der Waals surface area contributed by atoms with Crippen molar-refractivity contribution in [2.45, 2.75) is 16.3 Å². The van der Waals surface area contributed by atoms with Gasteiger partial charge in [-0.3, -0.25) is 0 Å². The number of aldehydes is 1. The number of likely N-dealkylation sites (N-methyl/N-ethyl adjacent to an activating group) is 1. The number of fused-ring (bicyclic) bond motifs is 1. The molecule has 6 heteroatoms. The number of thioether (sulfide) groups is 1. The summed E-state index contributed by atoms with van der Waals surface area (Å²) < 4.78 is 1.86. The monoisotopic (exact) mass is 336 g/mol. The van der Waals surface area contributed by atoms with Crippen LogP contribution in [0.3, 0.4) is 0 Å². The fourth-order valence-electron chi connectivity index (χ4n) is 3.04. The molecule has 0 aliphatic carbocycles. The van der Waals surface area contributed by atoms with Crippen molar-refractivity contribution < 1.29 is 4.79 Å². The number of aromatic nitrogens is 3. The Morgan fingerprint density at radius 1 is 1.17 bits per heavy atom. The molecular formula is C18H16N4OS. The largest absolute Gasteiger partial charge is 0.355 e. The predicted molar refractivity (Wildman–Crippen MR) is 94.3 cm³/mol. The van der Waals surface area contributed by atoms with Gasteiger partial charge in [0.05, 0.1) is 5.69 Å². The second kappa shape index (κ2) is 6.13. The van der Waals surface area contributed by atoms with Gasteiger partial charge in [-0.15, -0.1) is 0 Å². The first-order chi connectivity index (χ1) is 11.8. The van der Waals surface area contributed by atoms with Crippen molar-refractivity contribution in [3.8, 4) is 0 Å². The van der Waals surface area contributed by atoms with Gasteiger partial charge in [-0.1, -0.05) is 48.2 Å². The highest BCUT2D eigenvalue weighted by molar-refractivity contribution is 8.01. The normalized spacial score (nSPS) is 17.5. The SMILES string of the molecule is CN1c2ccc(C(c3ccccc3)n3cncn3)cc2SC1C=O. The first kappa shape index (κ1) is 15.0. The zero-order valence-electron chi connectivity index (χ0n) is 13.1. The van der Waals surface area contributed by atoms with E-state index in [1.807, 2.05) is 34.8 Å². The smallest absolute Gasteiger partial charge is 0.153 e. The molecule has 0 radical (unpaired) electrons. The average Bonchev–Trinajstić information content (AvgIpc) is 3.24. The Bertz CT molecular complexity index is 851. The van der Waals surface area contributed by atoms with Crippen molar-refractivity contribution in [2.75, 3.05) is 11.9 Å². The molecule has 0 N–H and O–H groups in total. The molecule has 0 spiro atoms. The van der Waals surface area contributed by atoms with Crippen LogP contribution in [0.15, 0.2) is 66.1 Å². The summed E-state index contributed by atoms with van der Waals surface area (Å²) in [6, 6.07) is 16.5. The summed E-state index contributed by atoms with van der Waals surface area (Å²) in [6.45, 7) is 0. The minimum Gasteiger partial charge on any atom is -0.355 e. The third-order valence-electron chi connectivity index (χ3n) is 4.24. The van der Waals surface area contributed by atoms with E-state index in [1.54, 1.807) is 24.4 Å². The summed E-state index contributed by atoms with van der Waals surface area (Å²) in [5.74, 6) is 0. The molecule has 1 aliphatic rings. The maximum Gasteiger partial charge on any atom is 0.153 e. The molecule has 120 valence electrons. The van der Waals surface area contributed by atoms with Gasteiger partial charge in [0.25, 0.3) is 0 Å². The zero-order valence-corrected chi connectivity index (χ0v) is 13.9. The lowest BCUT2D eigenvalue weighted by Crippen LogP contribution is -2.25. The van der Waals surface area contributed by atoms with E-state index in [2.05, 4.69) is 40.4 Å². The Balaban J connectivity index is 1.80. The van der Waals surface area contributed by atoms with Crippen molar-refractivity contribution >= 4 is 23.7 Å². The highest BCUT2D eigenvalue weighted by atomic mass is 32.2. The Morgan fingerprint density at radius 3 is 2.71 bits per heavy atom. The molecule has 0 saturated heterocycles. The minimum atomic E-state index is -0.156. The molecule has 0 bridgehead atoms. The van der Waals surface area contributed by atoms with E-state index >= 15 is 0 Å². The van der Waals surface area contributed by atoms with E-state index < -0.39 is 0 Å². The molecule has 5 nitrogen and oxygen atoms in total. The second-order valence-corrected chi connectivity index (χ2v) is 6.83. The fourth-order valence-corrected chi connectivity index (χ4v) is 4.16. The highest BCUT2D eigenvalue weighted by Gasteiger charge is 2.28. The van der Waals surface area contributed by atoms with E-state index in [4.69, 9.17) is 0 Å². The van der Waals surface area contributed by atoms with Gasteiger partial charge in [-0.05, 0) is 23.3 Å². The lowest BCUT2D eigenvalue weighted by atomic mass is 9.98. The van der Waals surface area contributed by atoms with E-state index in [0.29, 0.717) is 0 Å². The summed E-state index contributed by atoms with van der Waals surface area (Å²) in [7, 11) is 1.95. The van der Waals surface area contributed by atoms with Crippen LogP contribution < -0.4 is 4.90 Å². The van der Waals surface area contributed by atoms with Crippen molar-refractivity contribution in [3.05, 3.63) is 72.3 Å². The van der Waals surface area contributed by atoms with Crippen LogP contribution in [0.4, 0.5) is 5.69 Å². The number of hydrogen-bond donors (Lipinski definition) is 0. The zero-order chi connectivity index (χ0) is 16.5. The minimum absolute atomic E-state index is 0.0415. The van der Waals surface area contributed by atoms with E-state index in [1.165, 1.54) is 0 Å². The number of nitrogens with zero attached hydrogens (tertiary/aromatic N) is 4. The fraction of sp³-hybridized carbons (Fsp3) is 0.167. The maximum absolute atomic E-state index is 11.2. The Kier molecular flexibility index (Phi) is 3.82. The Morgan fingerprint density at radius 2 is 2.00 bits per heavy atom. The van der Waals surface area contributed by atoms with Gasteiger partial charge in [-0.25, -0.2) is 9.67 Å². The number of carbonyl (C=O) groups excluding carboxylic acids is 1. The molecule has 1 aromatic heterocycles. The van der Waals surface area contributed by atoms with Crippen molar-refractivity contribution in [1.82, 2.24) is 14.8 Å². The molecule has 0 saturated carbocycles. The van der Waals surface area contributed by atoms with Gasteiger partial charge < -0.3 is 9.69 Å². The molecule has 3 aromatic rings. The highest BCUT2D eigenvalue weighted by Crippen LogP contribution is 2.43. The molecule has 1 aliphatic heterocycles. The lowest BCUT2D eigenvalue weighted by molar-refractivity contribution is -0.107. The number of rotatable bonds is 4. The molecule has 2 unspecified atom stereocenters. The molecular weight excluding hydrogens is 320 g/mol. The van der Waals surface area contributed by atoms with E-state index in [-0.39, 0.29) is 11.4 Å². The van der Waals surface area contributed by atoms with Gasteiger partial charge in [0.2, 0.25) is 0 Å². The van der Waals surface area contributed by atoms with Gasteiger partial charge in [0.1, 0.15) is 24.1 Å².